The van der Waals surface area contributed by atoms with E-state index in [0.29, 0.717) is 18.0 Å². The van der Waals surface area contributed by atoms with Gasteiger partial charge >= 0.3 is 0 Å². The van der Waals surface area contributed by atoms with Crippen molar-refractivity contribution < 1.29 is 14.3 Å². The van der Waals surface area contributed by atoms with Crippen molar-refractivity contribution in [2.24, 2.45) is 5.92 Å². The van der Waals surface area contributed by atoms with E-state index in [1.807, 2.05) is 18.2 Å². The molecule has 0 atom stereocenters. The first-order valence-corrected chi connectivity index (χ1v) is 11.9. The van der Waals surface area contributed by atoms with Crippen molar-refractivity contribution >= 4 is 33.3 Å². The Morgan fingerprint density at radius 3 is 2.66 bits per heavy atom. The highest BCUT2D eigenvalue weighted by Crippen LogP contribution is 2.32. The van der Waals surface area contributed by atoms with Gasteiger partial charge in [-0.1, -0.05) is 13.0 Å². The smallest absolute Gasteiger partial charge is 0.223 e. The summed E-state index contributed by atoms with van der Waals surface area (Å²) in [6.07, 6.45) is 5.07. The molecule has 1 aliphatic heterocycles. The third kappa shape index (κ3) is 4.80. The summed E-state index contributed by atoms with van der Waals surface area (Å²) in [7, 11) is 3.25. The van der Waals surface area contributed by atoms with Gasteiger partial charge in [-0.05, 0) is 49.4 Å². The molecule has 2 aromatic heterocycles. The summed E-state index contributed by atoms with van der Waals surface area (Å²) in [6, 6.07) is 8.07. The number of nitrogens with zero attached hydrogens (tertiary/aromatic N) is 3. The minimum absolute atomic E-state index is 0.0441. The van der Waals surface area contributed by atoms with Crippen LogP contribution in [0.3, 0.4) is 0 Å². The normalized spacial score (nSPS) is 14.5. The second-order valence-electron chi connectivity index (χ2n) is 7.97. The van der Waals surface area contributed by atoms with Crippen LogP contribution in [0.5, 0.6) is 11.5 Å². The molecule has 0 radical (unpaired) electrons. The zero-order valence-electron chi connectivity index (χ0n) is 18.9. The molecule has 1 saturated heterocycles. The van der Waals surface area contributed by atoms with Crippen LogP contribution in [-0.4, -0.2) is 49.7 Å². The summed E-state index contributed by atoms with van der Waals surface area (Å²) in [4.78, 5) is 26.4. The molecule has 1 aliphatic rings. The summed E-state index contributed by atoms with van der Waals surface area (Å²) in [5.41, 5.74) is 1.10. The average Bonchev–Trinajstić information content (AvgIpc) is 3.27. The van der Waals surface area contributed by atoms with Gasteiger partial charge in [0, 0.05) is 30.4 Å². The lowest BCUT2D eigenvalue weighted by Gasteiger charge is -2.32. The first-order chi connectivity index (χ1) is 15.6. The van der Waals surface area contributed by atoms with E-state index in [-0.39, 0.29) is 11.8 Å². The van der Waals surface area contributed by atoms with Crippen LogP contribution in [0.1, 0.15) is 30.2 Å². The van der Waals surface area contributed by atoms with Crippen LogP contribution in [0.25, 0.3) is 10.2 Å². The van der Waals surface area contributed by atoms with Gasteiger partial charge in [-0.2, -0.15) is 0 Å². The Morgan fingerprint density at radius 1 is 1.16 bits per heavy atom. The van der Waals surface area contributed by atoms with Crippen molar-refractivity contribution in [1.82, 2.24) is 15.3 Å². The highest BCUT2D eigenvalue weighted by atomic mass is 32.1. The summed E-state index contributed by atoms with van der Waals surface area (Å²) >= 11 is 1.74. The molecule has 3 heterocycles. The van der Waals surface area contributed by atoms with Crippen molar-refractivity contribution in [2.45, 2.75) is 32.6 Å². The van der Waals surface area contributed by atoms with Crippen LogP contribution in [0.15, 0.2) is 30.6 Å². The molecular weight excluding hydrogens is 424 g/mol. The number of methoxy groups -OCH3 is 2. The number of piperidine rings is 1. The van der Waals surface area contributed by atoms with E-state index in [4.69, 9.17) is 9.47 Å². The summed E-state index contributed by atoms with van der Waals surface area (Å²) < 4.78 is 10.6. The van der Waals surface area contributed by atoms with Crippen molar-refractivity contribution in [2.75, 3.05) is 38.8 Å². The Labute approximate surface area is 192 Å². The van der Waals surface area contributed by atoms with E-state index in [9.17, 15) is 4.79 Å². The van der Waals surface area contributed by atoms with Crippen molar-refractivity contribution in [3.05, 3.63) is 41.0 Å². The molecule has 0 bridgehead atoms. The van der Waals surface area contributed by atoms with E-state index in [2.05, 4.69) is 33.2 Å². The first kappa shape index (κ1) is 22.3. The molecule has 0 unspecified atom stereocenters. The summed E-state index contributed by atoms with van der Waals surface area (Å²) in [5.74, 6) is 2.60. The van der Waals surface area contributed by atoms with Crippen molar-refractivity contribution in [1.29, 1.82) is 0 Å². The van der Waals surface area contributed by atoms with Gasteiger partial charge in [0.15, 0.2) is 11.5 Å². The molecule has 1 fully saturated rings. The summed E-state index contributed by atoms with van der Waals surface area (Å²) in [6.45, 7) is 4.43. The Morgan fingerprint density at radius 2 is 1.94 bits per heavy atom. The number of carbonyl (C=O) groups is 1. The van der Waals surface area contributed by atoms with E-state index in [0.717, 1.165) is 60.4 Å². The van der Waals surface area contributed by atoms with Gasteiger partial charge in [-0.15, -0.1) is 11.3 Å². The monoisotopic (exact) mass is 454 g/mol. The predicted molar refractivity (Wildman–Crippen MR) is 128 cm³/mol. The predicted octanol–water partition coefficient (Wildman–Crippen LogP) is 3.85. The number of carbonyl (C=O) groups excluding carboxylic acids is 1. The SMILES string of the molecule is CCc1cc2c(N3CCC(C(=O)NCCc4ccc(OC)c(OC)c4)CC3)ncnc2s1. The molecule has 0 spiro atoms. The highest BCUT2D eigenvalue weighted by molar-refractivity contribution is 7.18. The largest absolute Gasteiger partial charge is 0.493 e. The van der Waals surface area contributed by atoms with Gasteiger partial charge in [-0.25, -0.2) is 9.97 Å². The van der Waals surface area contributed by atoms with Gasteiger partial charge in [0.25, 0.3) is 0 Å². The van der Waals surface area contributed by atoms with Crippen molar-refractivity contribution in [3.8, 4) is 11.5 Å². The van der Waals surface area contributed by atoms with Gasteiger partial charge in [0.1, 0.15) is 17.0 Å². The Kier molecular flexibility index (Phi) is 7.09. The van der Waals surface area contributed by atoms with Crippen LogP contribution in [0, 0.1) is 5.92 Å². The lowest BCUT2D eigenvalue weighted by atomic mass is 9.95. The number of aromatic nitrogens is 2. The van der Waals surface area contributed by atoms with Gasteiger partial charge in [0.05, 0.1) is 19.6 Å². The van der Waals surface area contributed by atoms with Gasteiger partial charge in [-0.3, -0.25) is 4.79 Å². The standard InChI is InChI=1S/C24H30N4O3S/c1-4-18-14-19-22(26-15-27-24(19)32-18)28-11-8-17(9-12-28)23(29)25-10-7-16-5-6-20(30-2)21(13-16)31-3/h5-6,13-15,17H,4,7-12H2,1-3H3,(H,25,29). The van der Waals surface area contributed by atoms with Crippen LogP contribution in [0.4, 0.5) is 5.82 Å². The number of thiophene rings is 1. The van der Waals surface area contributed by atoms with Crippen LogP contribution >= 0.6 is 11.3 Å². The van der Waals surface area contributed by atoms with Gasteiger partial charge < -0.3 is 19.7 Å². The molecule has 170 valence electrons. The molecule has 0 saturated carbocycles. The third-order valence-electron chi connectivity index (χ3n) is 6.03. The van der Waals surface area contributed by atoms with E-state index >= 15 is 0 Å². The number of aryl methyl sites for hydroxylation is 1. The molecule has 3 aromatic rings. The average molecular weight is 455 g/mol. The molecule has 8 heteroatoms. The minimum Gasteiger partial charge on any atom is -0.493 e. The minimum atomic E-state index is 0.0441. The number of ether oxygens (including phenoxy) is 2. The number of hydrogen-bond donors (Lipinski definition) is 1. The van der Waals surface area contributed by atoms with E-state index < -0.39 is 0 Å². The lowest BCUT2D eigenvalue weighted by Crippen LogP contribution is -2.41. The molecule has 32 heavy (non-hydrogen) atoms. The Bertz CT molecular complexity index is 1080. The number of rotatable bonds is 8. The fourth-order valence-corrected chi connectivity index (χ4v) is 5.11. The quantitative estimate of drug-likeness (QED) is 0.557. The van der Waals surface area contributed by atoms with Crippen LogP contribution in [0.2, 0.25) is 0 Å². The maximum Gasteiger partial charge on any atom is 0.223 e. The van der Waals surface area contributed by atoms with Gasteiger partial charge in [0.2, 0.25) is 5.91 Å². The fraction of sp³-hybridized carbons (Fsp3) is 0.458. The molecule has 7 nitrogen and oxygen atoms in total. The Hall–Kier alpha value is -2.87. The zero-order chi connectivity index (χ0) is 22.5. The molecule has 1 amide bonds. The number of benzene rings is 1. The number of anilines is 1. The highest BCUT2D eigenvalue weighted by Gasteiger charge is 2.26. The fourth-order valence-electron chi connectivity index (χ4n) is 4.18. The topological polar surface area (TPSA) is 76.6 Å². The number of fused-ring (bicyclic) bond motifs is 1. The Balaban J connectivity index is 1.29. The van der Waals surface area contributed by atoms with Crippen LogP contribution < -0.4 is 19.7 Å². The number of amides is 1. The van der Waals surface area contributed by atoms with Crippen molar-refractivity contribution in [3.63, 3.8) is 0 Å². The maximum atomic E-state index is 12.7. The number of hydrogen-bond acceptors (Lipinski definition) is 7. The molecule has 1 aromatic carbocycles. The van der Waals surface area contributed by atoms with E-state index in [1.54, 1.807) is 31.9 Å². The molecular formula is C24H30N4O3S. The lowest BCUT2D eigenvalue weighted by molar-refractivity contribution is -0.125. The van der Waals surface area contributed by atoms with E-state index in [1.165, 1.54) is 4.88 Å². The maximum absolute atomic E-state index is 12.7. The molecule has 0 aliphatic carbocycles. The molecule has 1 N–H and O–H groups in total. The first-order valence-electron chi connectivity index (χ1n) is 11.1. The van der Waals surface area contributed by atoms with Crippen LogP contribution in [-0.2, 0) is 17.6 Å². The number of nitrogens with one attached hydrogen (secondary N) is 1. The second-order valence-corrected chi connectivity index (χ2v) is 9.09. The zero-order valence-corrected chi connectivity index (χ0v) is 19.7. The third-order valence-corrected chi connectivity index (χ3v) is 7.22. The molecule has 4 rings (SSSR count). The summed E-state index contributed by atoms with van der Waals surface area (Å²) in [5, 5.41) is 4.24. The second kappa shape index (κ2) is 10.2.